The van der Waals surface area contributed by atoms with Crippen molar-refractivity contribution in [1.82, 2.24) is 4.98 Å². The molecule has 0 amide bonds. The Balaban J connectivity index is 3.37. The average molecular weight is 270 g/mol. The number of hydrogen-bond acceptors (Lipinski definition) is 3. The third-order valence-corrected chi connectivity index (χ3v) is 1.80. The molecule has 0 atom stereocenters. The van der Waals surface area contributed by atoms with Crippen molar-refractivity contribution in [3.8, 4) is 11.8 Å². The fourth-order valence-electron chi connectivity index (χ4n) is 1.19. The van der Waals surface area contributed by atoms with Crippen LogP contribution >= 0.6 is 0 Å². The minimum atomic E-state index is -5.26. The Morgan fingerprint density at radius 1 is 1.39 bits per heavy atom. The third kappa shape index (κ3) is 3.26. The maximum Gasteiger partial charge on any atom is 0.573 e. The van der Waals surface area contributed by atoms with Gasteiger partial charge in [-0.2, -0.15) is 5.26 Å². The molecule has 1 rings (SSSR count). The molecule has 0 spiro atoms. The highest BCUT2D eigenvalue weighted by Gasteiger charge is 2.35. The minimum absolute atomic E-state index is 0.184. The first-order chi connectivity index (χ1) is 8.26. The Bertz CT molecular complexity index is 479. The summed E-state index contributed by atoms with van der Waals surface area (Å²) in [7, 11) is 0. The molecule has 0 aliphatic carbocycles. The summed E-state index contributed by atoms with van der Waals surface area (Å²) >= 11 is 0. The molecular formula is C9H4F6N2O. The van der Waals surface area contributed by atoms with E-state index in [0.717, 1.165) is 0 Å². The fourth-order valence-corrected chi connectivity index (χ4v) is 1.19. The molecule has 3 nitrogen and oxygen atoms in total. The Labute approximate surface area is 96.6 Å². The zero-order chi connectivity index (χ0) is 13.9. The molecule has 0 saturated carbocycles. The van der Waals surface area contributed by atoms with Gasteiger partial charge < -0.3 is 4.74 Å². The number of nitrogens with zero attached hydrogens (tertiary/aromatic N) is 2. The van der Waals surface area contributed by atoms with E-state index in [0.29, 0.717) is 0 Å². The highest BCUT2D eigenvalue weighted by atomic mass is 19.4. The van der Waals surface area contributed by atoms with Gasteiger partial charge in [-0.05, 0) is 0 Å². The maximum atomic E-state index is 13.1. The van der Waals surface area contributed by atoms with Gasteiger partial charge in [0.25, 0.3) is 6.43 Å². The molecule has 0 aliphatic rings. The van der Waals surface area contributed by atoms with Crippen LogP contribution in [0.2, 0.25) is 0 Å². The molecule has 0 saturated heterocycles. The summed E-state index contributed by atoms with van der Waals surface area (Å²) in [5, 5.41) is 8.36. The second kappa shape index (κ2) is 5.12. The van der Waals surface area contributed by atoms with Crippen LogP contribution in [0, 0.1) is 17.1 Å². The first-order valence-corrected chi connectivity index (χ1v) is 4.34. The number of hydrogen-bond donors (Lipinski definition) is 0. The second-order valence-corrected chi connectivity index (χ2v) is 2.98. The molecule has 0 fully saturated rings. The summed E-state index contributed by atoms with van der Waals surface area (Å²) in [5.74, 6) is -3.02. The Morgan fingerprint density at radius 3 is 2.44 bits per heavy atom. The molecule has 0 radical (unpaired) electrons. The predicted molar refractivity (Wildman–Crippen MR) is 45.2 cm³/mol. The number of ether oxygens (including phenoxy) is 1. The smallest absolute Gasteiger partial charge is 0.402 e. The first-order valence-electron chi connectivity index (χ1n) is 4.34. The molecule has 1 aromatic heterocycles. The largest absolute Gasteiger partial charge is 0.573 e. The van der Waals surface area contributed by atoms with Crippen LogP contribution < -0.4 is 4.74 Å². The van der Waals surface area contributed by atoms with E-state index in [9.17, 15) is 26.3 Å². The van der Waals surface area contributed by atoms with Gasteiger partial charge >= 0.3 is 6.36 Å². The topological polar surface area (TPSA) is 45.9 Å². The molecule has 0 aromatic carbocycles. The third-order valence-electron chi connectivity index (χ3n) is 1.80. The van der Waals surface area contributed by atoms with E-state index >= 15 is 0 Å². The molecule has 9 heteroatoms. The second-order valence-electron chi connectivity index (χ2n) is 2.98. The first kappa shape index (κ1) is 14.1. The lowest BCUT2D eigenvalue weighted by Crippen LogP contribution is -2.20. The standard InChI is InChI=1S/C9H4F6N2O/c10-5-3-17-6(8(11)12)4(1-2-16)7(5)18-9(13,14)15/h3,8H,1H2. The summed E-state index contributed by atoms with van der Waals surface area (Å²) in [5.41, 5.74) is -2.03. The SMILES string of the molecule is N#CCc1c(C(F)F)ncc(F)c1OC(F)(F)F. The normalized spacial score (nSPS) is 11.4. The lowest BCUT2D eigenvalue weighted by Gasteiger charge is -2.14. The van der Waals surface area contributed by atoms with Crippen LogP contribution in [0.15, 0.2) is 6.20 Å². The van der Waals surface area contributed by atoms with E-state index in [1.807, 2.05) is 0 Å². The zero-order valence-corrected chi connectivity index (χ0v) is 8.43. The van der Waals surface area contributed by atoms with Crippen molar-refractivity contribution in [2.24, 2.45) is 0 Å². The van der Waals surface area contributed by atoms with Gasteiger partial charge in [-0.25, -0.2) is 13.2 Å². The van der Waals surface area contributed by atoms with Crippen molar-refractivity contribution in [3.63, 3.8) is 0 Å². The van der Waals surface area contributed by atoms with Crippen LogP contribution in [-0.4, -0.2) is 11.3 Å². The highest BCUT2D eigenvalue weighted by Crippen LogP contribution is 2.34. The van der Waals surface area contributed by atoms with Crippen LogP contribution in [-0.2, 0) is 6.42 Å². The van der Waals surface area contributed by atoms with Gasteiger partial charge in [0, 0.05) is 5.56 Å². The van der Waals surface area contributed by atoms with Crippen LogP contribution in [0.25, 0.3) is 0 Å². The molecule has 0 N–H and O–H groups in total. The summed E-state index contributed by atoms with van der Waals surface area (Å²) in [6.07, 6.45) is -9.20. The predicted octanol–water partition coefficient (Wildman–Crippen LogP) is 3.12. The van der Waals surface area contributed by atoms with Gasteiger partial charge in [-0.15, -0.1) is 13.2 Å². The minimum Gasteiger partial charge on any atom is -0.402 e. The van der Waals surface area contributed by atoms with Crippen molar-refractivity contribution < 1.29 is 31.1 Å². The summed E-state index contributed by atoms with van der Waals surface area (Å²) in [6.45, 7) is 0. The molecule has 0 unspecified atom stereocenters. The van der Waals surface area contributed by atoms with Crippen molar-refractivity contribution in [2.45, 2.75) is 19.2 Å². The van der Waals surface area contributed by atoms with E-state index in [1.54, 1.807) is 0 Å². The monoisotopic (exact) mass is 270 g/mol. The van der Waals surface area contributed by atoms with Crippen molar-refractivity contribution >= 4 is 0 Å². The van der Waals surface area contributed by atoms with Gasteiger partial charge in [0.2, 0.25) is 0 Å². The zero-order valence-electron chi connectivity index (χ0n) is 8.43. The average Bonchev–Trinajstić information content (AvgIpc) is 2.21. The van der Waals surface area contributed by atoms with Crippen LogP contribution in [0.4, 0.5) is 26.3 Å². The number of aromatic nitrogens is 1. The lowest BCUT2D eigenvalue weighted by molar-refractivity contribution is -0.276. The Kier molecular flexibility index (Phi) is 4.00. The summed E-state index contributed by atoms with van der Waals surface area (Å²) < 4.78 is 77.3. The van der Waals surface area contributed by atoms with Gasteiger partial charge in [0.05, 0.1) is 18.7 Å². The summed E-state index contributed by atoms with van der Waals surface area (Å²) in [4.78, 5) is 2.96. The number of nitriles is 1. The fraction of sp³-hybridized carbons (Fsp3) is 0.333. The van der Waals surface area contributed by atoms with Crippen molar-refractivity contribution in [2.75, 3.05) is 0 Å². The number of rotatable bonds is 3. The molecule has 0 aliphatic heterocycles. The van der Waals surface area contributed by atoms with Crippen LogP contribution in [0.1, 0.15) is 17.7 Å². The number of alkyl halides is 5. The van der Waals surface area contributed by atoms with E-state index in [4.69, 9.17) is 5.26 Å². The maximum absolute atomic E-state index is 13.1. The van der Waals surface area contributed by atoms with E-state index in [1.165, 1.54) is 6.07 Å². The summed E-state index contributed by atoms with van der Waals surface area (Å²) in [6, 6.07) is 1.35. The molecule has 1 aromatic rings. The van der Waals surface area contributed by atoms with Gasteiger partial charge in [0.1, 0.15) is 5.69 Å². The van der Waals surface area contributed by atoms with Crippen molar-refractivity contribution in [1.29, 1.82) is 5.26 Å². The lowest BCUT2D eigenvalue weighted by atomic mass is 10.1. The Morgan fingerprint density at radius 2 is 2.00 bits per heavy atom. The molecule has 0 bridgehead atoms. The molecule has 18 heavy (non-hydrogen) atoms. The van der Waals surface area contributed by atoms with Crippen LogP contribution in [0.3, 0.4) is 0 Å². The number of pyridine rings is 1. The highest BCUT2D eigenvalue weighted by molar-refractivity contribution is 5.39. The van der Waals surface area contributed by atoms with E-state index in [-0.39, 0.29) is 6.20 Å². The van der Waals surface area contributed by atoms with Crippen molar-refractivity contribution in [3.05, 3.63) is 23.3 Å². The van der Waals surface area contributed by atoms with Gasteiger partial charge in [-0.3, -0.25) is 4.98 Å². The molecule has 1 heterocycles. The van der Waals surface area contributed by atoms with Gasteiger partial charge in [-0.1, -0.05) is 0 Å². The van der Waals surface area contributed by atoms with E-state index in [2.05, 4.69) is 9.72 Å². The quantitative estimate of drug-likeness (QED) is 0.793. The van der Waals surface area contributed by atoms with Crippen LogP contribution in [0.5, 0.6) is 5.75 Å². The molecular weight excluding hydrogens is 266 g/mol. The number of halogens is 6. The van der Waals surface area contributed by atoms with Gasteiger partial charge in [0.15, 0.2) is 11.6 Å². The molecule has 98 valence electrons. The van der Waals surface area contributed by atoms with E-state index < -0.39 is 42.0 Å². The Hall–Kier alpha value is -1.98.